The maximum absolute atomic E-state index is 12.9. The zero-order valence-corrected chi connectivity index (χ0v) is 29.2. The van der Waals surface area contributed by atoms with E-state index in [1.54, 1.807) is 0 Å². The molecule has 0 amide bonds. The van der Waals surface area contributed by atoms with E-state index in [2.05, 4.69) is 7.32 Å². The maximum Gasteiger partial charge on any atom is 1.00 e. The van der Waals surface area contributed by atoms with Crippen LogP contribution >= 0.6 is 0 Å². The van der Waals surface area contributed by atoms with Crippen LogP contribution in [-0.2, 0) is 29.0 Å². The normalized spacial score (nSPS) is 39.4. The van der Waals surface area contributed by atoms with Crippen molar-refractivity contribution in [1.29, 1.82) is 0 Å². The summed E-state index contributed by atoms with van der Waals surface area (Å²) >= 11 is -13.1. The van der Waals surface area contributed by atoms with Crippen molar-refractivity contribution < 1.29 is 159 Å². The molecule has 0 aromatic heterocycles. The van der Waals surface area contributed by atoms with Gasteiger partial charge in [-0.15, -0.1) is 0 Å². The number of carbonyl (C=O) groups excluding carboxylic acids is 2. The minimum absolute atomic E-state index is 0. The molecule has 22 heteroatoms. The summed E-state index contributed by atoms with van der Waals surface area (Å²) in [7, 11) is 0. The molecular weight excluding hydrogens is 729 g/mol. The Bertz CT molecular complexity index is 725. The van der Waals surface area contributed by atoms with Crippen LogP contribution in [0.2, 0.25) is 0 Å². The van der Waals surface area contributed by atoms with Crippen LogP contribution in [0.25, 0.3) is 0 Å². The van der Waals surface area contributed by atoms with Gasteiger partial charge < -0.3 is 0 Å². The third-order valence-corrected chi connectivity index (χ3v) is 18.5. The van der Waals surface area contributed by atoms with Gasteiger partial charge in [-0.05, 0) is 0 Å². The van der Waals surface area contributed by atoms with Gasteiger partial charge in [0.1, 0.15) is 0 Å². The Balaban J connectivity index is 0. The number of carboxylic acid groups (broad SMARTS) is 2. The molecule has 0 radical (unpaired) electrons. The van der Waals surface area contributed by atoms with Gasteiger partial charge >= 0.3 is 273 Å². The molecule has 34 heavy (non-hydrogen) atoms. The molecule has 0 aromatic rings. The molecule has 180 valence electrons. The third kappa shape index (κ3) is 9.43. The second-order valence-corrected chi connectivity index (χ2v) is 17.4. The Labute approximate surface area is 268 Å². The number of hydrogen-bond donors (Lipinski definition) is 6. The van der Waals surface area contributed by atoms with Crippen molar-refractivity contribution >= 4 is 52.0 Å². The van der Waals surface area contributed by atoms with Gasteiger partial charge in [0.15, 0.2) is 0 Å². The number of carbonyl (C=O) groups is 2. The van der Waals surface area contributed by atoms with E-state index in [-0.39, 0.29) is 88.7 Å². The first-order valence-corrected chi connectivity index (χ1v) is 16.6. The van der Waals surface area contributed by atoms with E-state index in [9.17, 15) is 46.3 Å². The van der Waals surface area contributed by atoms with E-state index in [0.29, 0.717) is 0 Å². The van der Waals surface area contributed by atoms with Gasteiger partial charge in [-0.25, -0.2) is 0 Å². The van der Waals surface area contributed by atoms with E-state index in [1.165, 1.54) is 0 Å². The Morgan fingerprint density at radius 3 is 1.29 bits per heavy atom. The van der Waals surface area contributed by atoms with Crippen LogP contribution in [0.1, 0.15) is 0 Å². The SMILES string of the molecule is O=C([O-])[C@@H]1[O][Sb](=[O])([O][Sb]2(=[O])[O]C([C@H](O)CO)[C@H](O)[C@H](C(=O)[O-])[O]2)[O][C@H]([C@H](O)CO)[C@@H]1O.[Na+].[Na+].[Na+]. The molecule has 2 heterocycles. The Morgan fingerprint density at radius 2 is 1.06 bits per heavy atom. The molecule has 17 nitrogen and oxygen atoms in total. The molecule has 0 aliphatic carbocycles. The minimum atomic E-state index is -6.57. The minimum Gasteiger partial charge on any atom is 1.00 e. The Morgan fingerprint density at radius 1 is 0.765 bits per heavy atom. The van der Waals surface area contributed by atoms with Crippen LogP contribution < -0.4 is 98.9 Å². The quantitative estimate of drug-likeness (QED) is 0.126. The molecule has 0 spiro atoms. The zero-order chi connectivity index (χ0) is 23.7. The van der Waals surface area contributed by atoms with E-state index >= 15 is 0 Å². The van der Waals surface area contributed by atoms with Crippen molar-refractivity contribution in [3.05, 3.63) is 0 Å². The Kier molecular flexibility index (Phi) is 18.4. The molecule has 6 N–H and O–H groups in total. The van der Waals surface area contributed by atoms with Crippen LogP contribution in [-0.4, -0.2) is 145 Å². The molecule has 10 atom stereocenters. The van der Waals surface area contributed by atoms with E-state index in [4.69, 9.17) is 16.2 Å². The first kappa shape index (κ1) is 38.9. The van der Waals surface area contributed by atoms with Crippen molar-refractivity contribution in [1.82, 2.24) is 0 Å². The average molecular weight is 747 g/mol. The van der Waals surface area contributed by atoms with Crippen molar-refractivity contribution in [2.24, 2.45) is 0 Å². The van der Waals surface area contributed by atoms with Crippen LogP contribution in [0, 0.1) is 0 Å². The van der Waals surface area contributed by atoms with Crippen LogP contribution in [0.5, 0.6) is 0 Å². The predicted octanol–water partition coefficient (Wildman–Crippen LogP) is -17.8. The molecule has 0 bridgehead atoms. The number of aliphatic carboxylic acids is 2. The van der Waals surface area contributed by atoms with Gasteiger partial charge in [0.2, 0.25) is 0 Å². The van der Waals surface area contributed by atoms with Gasteiger partial charge in [-0.3, -0.25) is 0 Å². The van der Waals surface area contributed by atoms with E-state index in [0.717, 1.165) is 0 Å². The number of carboxylic acids is 2. The van der Waals surface area contributed by atoms with Gasteiger partial charge in [-0.1, -0.05) is 0 Å². The van der Waals surface area contributed by atoms with E-state index in [1.807, 2.05) is 0 Å². The van der Waals surface area contributed by atoms with Crippen molar-refractivity contribution in [2.45, 2.75) is 48.8 Å². The standard InChI is InChI=1S/2C6H10O7.3Na.3O.2Sb/c2*7-1-2(8)3(9)4(10)5(11)6(12)13;;;;;;;;/h2*2-5,7-8,10H,1H2,(H,12,13);;;;;;;;/q2*-2;3*+1;;;;2*+2/p-2/t2-,3?,4+,5-;2-,3-,4+,5-;;;;;;;;/m11......../s1. The number of aliphatic hydroxyl groups excluding tert-OH is 6. The Hall–Kier alpha value is 2.74. The van der Waals surface area contributed by atoms with Crippen LogP contribution in [0.4, 0.5) is 0 Å². The smallest absolute Gasteiger partial charge is 1.00 e. The van der Waals surface area contributed by atoms with E-state index < -0.39 is 114 Å². The topological polar surface area (TPSA) is 282 Å². The first-order chi connectivity index (χ1) is 14.3. The summed E-state index contributed by atoms with van der Waals surface area (Å²) < 4.78 is 48.9. The fourth-order valence-corrected chi connectivity index (χ4v) is 17.7. The summed E-state index contributed by atoms with van der Waals surface area (Å²) in [6.45, 7) is -2.24. The molecule has 0 saturated carbocycles. The van der Waals surface area contributed by atoms with Gasteiger partial charge in [0, 0.05) is 0 Å². The summed E-state index contributed by atoms with van der Waals surface area (Å²) in [4.78, 5) is 22.4. The fourth-order valence-electron chi connectivity index (χ4n) is 2.59. The fraction of sp³-hybridized carbons (Fsp3) is 0.833. The predicted molar refractivity (Wildman–Crippen MR) is 81.7 cm³/mol. The number of aliphatic hydroxyl groups is 6. The molecular formula is C12H18Na3O17Sb2+. The molecule has 2 aliphatic rings. The number of rotatable bonds is 8. The summed E-state index contributed by atoms with van der Waals surface area (Å²) in [5.41, 5.74) is 0. The summed E-state index contributed by atoms with van der Waals surface area (Å²) in [5.74, 6) is -4.33. The summed E-state index contributed by atoms with van der Waals surface area (Å²) in [5, 5.41) is 79.5. The number of hydrogen-bond acceptors (Lipinski definition) is 17. The van der Waals surface area contributed by atoms with Crippen LogP contribution in [0.15, 0.2) is 0 Å². The first-order valence-electron chi connectivity index (χ1n) is 8.28. The average Bonchev–Trinajstić information content (AvgIpc) is 2.69. The second kappa shape index (κ2) is 16.1. The molecule has 2 saturated heterocycles. The molecule has 0 aromatic carbocycles. The van der Waals surface area contributed by atoms with Gasteiger partial charge in [0.25, 0.3) is 0 Å². The summed E-state index contributed by atoms with van der Waals surface area (Å²) in [6, 6.07) is 0. The van der Waals surface area contributed by atoms with Crippen LogP contribution in [0.3, 0.4) is 0 Å². The monoisotopic (exact) mass is 745 g/mol. The molecule has 2 fully saturated rings. The molecule has 2 rings (SSSR count). The third-order valence-electron chi connectivity index (χ3n) is 4.08. The van der Waals surface area contributed by atoms with Gasteiger partial charge in [-0.2, -0.15) is 0 Å². The van der Waals surface area contributed by atoms with Crippen molar-refractivity contribution in [2.75, 3.05) is 13.2 Å². The molecule has 2 aliphatic heterocycles. The molecule has 3 unspecified atom stereocenters. The van der Waals surface area contributed by atoms with Crippen molar-refractivity contribution in [3.63, 3.8) is 0 Å². The largest absolute Gasteiger partial charge is 1.00 e. The van der Waals surface area contributed by atoms with Gasteiger partial charge in [0.05, 0.1) is 0 Å². The summed E-state index contributed by atoms with van der Waals surface area (Å²) in [6.07, 6.45) is -17.7. The zero-order valence-electron chi connectivity index (χ0n) is 18.1. The van der Waals surface area contributed by atoms with Crippen molar-refractivity contribution in [3.8, 4) is 0 Å². The second-order valence-electron chi connectivity index (χ2n) is 6.29. The maximum atomic E-state index is 12.9.